The third-order valence-corrected chi connectivity index (χ3v) is 3.73. The van der Waals surface area contributed by atoms with Gasteiger partial charge in [0, 0.05) is 25.3 Å². The molecule has 1 aromatic rings. The number of nitrogens with zero attached hydrogens (tertiary/aromatic N) is 2. The van der Waals surface area contributed by atoms with Gasteiger partial charge in [-0.05, 0) is 57.7 Å². The first-order valence-corrected chi connectivity index (χ1v) is 8.36. The summed E-state index contributed by atoms with van der Waals surface area (Å²) in [5.41, 5.74) is 7.32. The van der Waals surface area contributed by atoms with Gasteiger partial charge in [0.15, 0.2) is 5.96 Å². The molecule has 0 heterocycles. The van der Waals surface area contributed by atoms with Crippen molar-refractivity contribution in [1.29, 1.82) is 0 Å². The number of carbonyl (C=O) groups is 1. The number of guanidine groups is 1. The number of ether oxygens (including phenoxy) is 1. The number of hydrogen-bond donors (Lipinski definition) is 2. The summed E-state index contributed by atoms with van der Waals surface area (Å²) in [5.74, 6) is 0.612. The molecule has 0 radical (unpaired) electrons. The standard InChI is InChI=1S/C18H28N4O2/c1-18(2,3)24-17(23)21-14-7-5-13(6-8-14)11-12-20-16(19)22(4)15-9-10-15/h5-8,15H,9-12H2,1-4H3,(H2,19,20)(H,21,23). The third-order valence-electron chi connectivity index (χ3n) is 3.73. The van der Waals surface area contributed by atoms with E-state index in [0.717, 1.165) is 12.0 Å². The smallest absolute Gasteiger partial charge is 0.412 e. The Hall–Kier alpha value is -2.24. The molecule has 3 N–H and O–H groups in total. The fourth-order valence-electron chi connectivity index (χ4n) is 2.24. The van der Waals surface area contributed by atoms with Crippen LogP contribution < -0.4 is 11.1 Å². The molecular formula is C18H28N4O2. The van der Waals surface area contributed by atoms with Crippen molar-refractivity contribution in [2.45, 2.75) is 51.7 Å². The molecule has 0 spiro atoms. The van der Waals surface area contributed by atoms with Gasteiger partial charge in [0.2, 0.25) is 0 Å². The first-order valence-electron chi connectivity index (χ1n) is 8.36. The molecule has 1 aromatic carbocycles. The van der Waals surface area contributed by atoms with E-state index in [9.17, 15) is 4.79 Å². The van der Waals surface area contributed by atoms with Gasteiger partial charge in [0.25, 0.3) is 0 Å². The Morgan fingerprint density at radius 3 is 2.50 bits per heavy atom. The quantitative estimate of drug-likeness (QED) is 0.642. The van der Waals surface area contributed by atoms with Crippen LogP contribution in [0.1, 0.15) is 39.2 Å². The lowest BCUT2D eigenvalue weighted by atomic mass is 10.1. The SMILES string of the molecule is CN(C(N)=NCCc1ccc(NC(=O)OC(C)(C)C)cc1)C1CC1. The molecule has 0 unspecified atom stereocenters. The highest BCUT2D eigenvalue weighted by Crippen LogP contribution is 2.24. The Kier molecular flexibility index (Phi) is 5.70. The second kappa shape index (κ2) is 7.55. The molecule has 0 atom stereocenters. The molecule has 1 amide bonds. The van der Waals surface area contributed by atoms with Gasteiger partial charge >= 0.3 is 6.09 Å². The van der Waals surface area contributed by atoms with Crippen molar-refractivity contribution in [2.24, 2.45) is 10.7 Å². The van der Waals surface area contributed by atoms with E-state index in [2.05, 4.69) is 10.3 Å². The fraction of sp³-hybridized carbons (Fsp3) is 0.556. The minimum absolute atomic E-state index is 0.448. The van der Waals surface area contributed by atoms with Gasteiger partial charge in [-0.15, -0.1) is 0 Å². The first-order chi connectivity index (χ1) is 11.2. The Morgan fingerprint density at radius 1 is 1.33 bits per heavy atom. The molecule has 0 bridgehead atoms. The summed E-state index contributed by atoms with van der Waals surface area (Å²) in [7, 11) is 1.99. The maximum absolute atomic E-state index is 11.7. The van der Waals surface area contributed by atoms with E-state index in [0.29, 0.717) is 24.2 Å². The molecule has 1 aliphatic carbocycles. The zero-order chi connectivity index (χ0) is 17.7. The van der Waals surface area contributed by atoms with Crippen molar-refractivity contribution in [3.8, 4) is 0 Å². The van der Waals surface area contributed by atoms with E-state index in [1.807, 2.05) is 57.0 Å². The summed E-state index contributed by atoms with van der Waals surface area (Å²) >= 11 is 0. The van der Waals surface area contributed by atoms with E-state index in [4.69, 9.17) is 10.5 Å². The van der Waals surface area contributed by atoms with Crippen molar-refractivity contribution < 1.29 is 9.53 Å². The normalized spacial score (nSPS) is 15.1. The average molecular weight is 332 g/mol. The summed E-state index contributed by atoms with van der Waals surface area (Å²) < 4.78 is 5.22. The zero-order valence-corrected chi connectivity index (χ0v) is 15.0. The molecule has 0 saturated heterocycles. The number of amides is 1. The monoisotopic (exact) mass is 332 g/mol. The number of hydrogen-bond acceptors (Lipinski definition) is 3. The first kappa shape index (κ1) is 18.1. The predicted molar refractivity (Wildman–Crippen MR) is 97.3 cm³/mol. The van der Waals surface area contributed by atoms with Crippen molar-refractivity contribution in [3.05, 3.63) is 29.8 Å². The number of nitrogens with two attached hydrogens (primary N) is 1. The van der Waals surface area contributed by atoms with E-state index in [-0.39, 0.29) is 0 Å². The molecule has 132 valence electrons. The van der Waals surface area contributed by atoms with E-state index < -0.39 is 11.7 Å². The molecule has 1 saturated carbocycles. The fourth-order valence-corrected chi connectivity index (χ4v) is 2.24. The second-order valence-corrected chi connectivity index (χ2v) is 7.16. The molecule has 0 aromatic heterocycles. The van der Waals surface area contributed by atoms with Crippen LogP contribution in [0.5, 0.6) is 0 Å². The van der Waals surface area contributed by atoms with Crippen LogP contribution in [0.15, 0.2) is 29.3 Å². The van der Waals surface area contributed by atoms with Gasteiger partial charge in [-0.3, -0.25) is 10.3 Å². The third kappa shape index (κ3) is 6.10. The van der Waals surface area contributed by atoms with Gasteiger partial charge in [-0.2, -0.15) is 0 Å². The van der Waals surface area contributed by atoms with Crippen LogP contribution in [-0.2, 0) is 11.2 Å². The minimum Gasteiger partial charge on any atom is -0.444 e. The molecular weight excluding hydrogens is 304 g/mol. The highest BCUT2D eigenvalue weighted by molar-refractivity contribution is 5.84. The van der Waals surface area contributed by atoms with Crippen molar-refractivity contribution in [1.82, 2.24) is 4.90 Å². The highest BCUT2D eigenvalue weighted by Gasteiger charge is 2.27. The number of carbonyl (C=O) groups excluding carboxylic acids is 1. The molecule has 6 nitrogen and oxygen atoms in total. The summed E-state index contributed by atoms with van der Waals surface area (Å²) in [6.45, 7) is 6.16. The Labute approximate surface area is 144 Å². The predicted octanol–water partition coefficient (Wildman–Crippen LogP) is 2.99. The molecule has 6 heteroatoms. The second-order valence-electron chi connectivity index (χ2n) is 7.16. The number of benzene rings is 1. The zero-order valence-electron chi connectivity index (χ0n) is 15.0. The molecule has 2 rings (SSSR count). The van der Waals surface area contributed by atoms with Crippen molar-refractivity contribution in [3.63, 3.8) is 0 Å². The average Bonchev–Trinajstić information content (AvgIpc) is 3.30. The van der Waals surface area contributed by atoms with Gasteiger partial charge in [-0.1, -0.05) is 12.1 Å². The number of aliphatic imine (C=N–C) groups is 1. The van der Waals surface area contributed by atoms with Crippen LogP contribution >= 0.6 is 0 Å². The van der Waals surface area contributed by atoms with Gasteiger partial charge in [0.1, 0.15) is 5.60 Å². The van der Waals surface area contributed by atoms with Gasteiger partial charge in [0.05, 0.1) is 0 Å². The Morgan fingerprint density at radius 2 is 1.96 bits per heavy atom. The lowest BCUT2D eigenvalue weighted by molar-refractivity contribution is 0.0636. The van der Waals surface area contributed by atoms with Gasteiger partial charge in [-0.25, -0.2) is 4.79 Å². The lowest BCUT2D eigenvalue weighted by Gasteiger charge is -2.19. The molecule has 0 aliphatic heterocycles. The van der Waals surface area contributed by atoms with Crippen molar-refractivity contribution in [2.75, 3.05) is 18.9 Å². The summed E-state index contributed by atoms with van der Waals surface area (Å²) in [6.07, 6.45) is 2.78. The number of nitrogens with one attached hydrogen (secondary N) is 1. The molecule has 1 aliphatic rings. The van der Waals surface area contributed by atoms with Crippen LogP contribution in [0.25, 0.3) is 0 Å². The van der Waals surface area contributed by atoms with E-state index in [1.165, 1.54) is 12.8 Å². The number of anilines is 1. The van der Waals surface area contributed by atoms with Crippen LogP contribution in [0.3, 0.4) is 0 Å². The topological polar surface area (TPSA) is 80.0 Å². The van der Waals surface area contributed by atoms with Crippen LogP contribution in [0, 0.1) is 0 Å². The summed E-state index contributed by atoms with van der Waals surface area (Å²) in [6, 6.07) is 8.25. The maximum Gasteiger partial charge on any atom is 0.412 e. The van der Waals surface area contributed by atoms with Crippen molar-refractivity contribution >= 4 is 17.7 Å². The summed E-state index contributed by atoms with van der Waals surface area (Å²) in [4.78, 5) is 18.2. The Balaban J connectivity index is 1.79. The van der Waals surface area contributed by atoms with Gasteiger partial charge < -0.3 is 15.4 Å². The highest BCUT2D eigenvalue weighted by atomic mass is 16.6. The number of rotatable bonds is 5. The maximum atomic E-state index is 11.7. The van der Waals surface area contributed by atoms with E-state index in [1.54, 1.807) is 0 Å². The van der Waals surface area contributed by atoms with Crippen LogP contribution in [0.2, 0.25) is 0 Å². The minimum atomic E-state index is -0.504. The summed E-state index contributed by atoms with van der Waals surface area (Å²) in [5, 5.41) is 2.72. The Bertz CT molecular complexity index is 586. The largest absolute Gasteiger partial charge is 0.444 e. The molecule has 24 heavy (non-hydrogen) atoms. The van der Waals surface area contributed by atoms with E-state index >= 15 is 0 Å². The molecule has 1 fully saturated rings. The van der Waals surface area contributed by atoms with Crippen LogP contribution in [0.4, 0.5) is 10.5 Å². The van der Waals surface area contributed by atoms with Crippen LogP contribution in [-0.4, -0.2) is 42.2 Å². The lowest BCUT2D eigenvalue weighted by Crippen LogP contribution is -2.35.